The fourth-order valence-electron chi connectivity index (χ4n) is 5.16. The second-order valence-electron chi connectivity index (χ2n) is 10.4. The monoisotopic (exact) mass is 617 g/mol. The molecule has 0 saturated carbocycles. The van der Waals surface area contributed by atoms with E-state index in [4.69, 9.17) is 14.2 Å². The van der Waals surface area contributed by atoms with Crippen LogP contribution in [0.5, 0.6) is 5.75 Å². The van der Waals surface area contributed by atoms with Gasteiger partial charge in [0.15, 0.2) is 0 Å². The Hall–Kier alpha value is -5.37. The Labute approximate surface area is 259 Å². The first-order chi connectivity index (χ1) is 21.7. The average Bonchev–Trinajstić information content (AvgIpc) is 3.31. The fraction of sp³-hybridized carbons (Fsp3) is 0.323. The molecule has 1 aliphatic heterocycles. The van der Waals surface area contributed by atoms with Crippen molar-refractivity contribution in [3.8, 4) is 17.0 Å². The number of aryl methyl sites for hydroxylation is 1. The molecule has 4 aromatic rings. The third-order valence-corrected chi connectivity index (χ3v) is 7.19. The molecule has 0 atom stereocenters. The number of ether oxygens (including phenoxy) is 4. The molecule has 1 saturated heterocycles. The maximum atomic E-state index is 13.2. The maximum Gasteiger partial charge on any atom is 0.415 e. The SMILES string of the molecule is COC(=O)NC(=O)Nc1cc(Nc2c(-c3ncncc3C(=O)OC(C)C)c3ccccc3n2C)c(OC)cc1N1CCOCC1. The van der Waals surface area contributed by atoms with Crippen molar-refractivity contribution in [2.24, 2.45) is 7.05 Å². The first-order valence-corrected chi connectivity index (χ1v) is 14.3. The number of nitrogens with one attached hydrogen (secondary N) is 3. The number of alkyl carbamates (subject to hydrolysis) is 1. The highest BCUT2D eigenvalue weighted by atomic mass is 16.5. The zero-order chi connectivity index (χ0) is 32.1. The average molecular weight is 618 g/mol. The van der Waals surface area contributed by atoms with Gasteiger partial charge in [0.25, 0.3) is 0 Å². The fourth-order valence-corrected chi connectivity index (χ4v) is 5.16. The lowest BCUT2D eigenvalue weighted by Gasteiger charge is -2.31. The highest BCUT2D eigenvalue weighted by Crippen LogP contribution is 2.44. The first kappa shape index (κ1) is 31.1. The largest absolute Gasteiger partial charge is 0.494 e. The zero-order valence-corrected chi connectivity index (χ0v) is 25.7. The molecule has 1 fully saturated rings. The molecule has 0 aliphatic carbocycles. The van der Waals surface area contributed by atoms with E-state index in [1.54, 1.807) is 33.1 Å². The van der Waals surface area contributed by atoms with Crippen LogP contribution in [0.2, 0.25) is 0 Å². The van der Waals surface area contributed by atoms with E-state index >= 15 is 0 Å². The van der Waals surface area contributed by atoms with Crippen molar-refractivity contribution in [1.29, 1.82) is 0 Å². The summed E-state index contributed by atoms with van der Waals surface area (Å²) in [5.74, 6) is 0.527. The summed E-state index contributed by atoms with van der Waals surface area (Å²) in [5.41, 5.74) is 3.68. The highest BCUT2D eigenvalue weighted by molar-refractivity contribution is 6.08. The number of urea groups is 1. The predicted octanol–water partition coefficient (Wildman–Crippen LogP) is 4.68. The van der Waals surface area contributed by atoms with E-state index in [0.29, 0.717) is 66.2 Å². The van der Waals surface area contributed by atoms with Crippen LogP contribution in [0.15, 0.2) is 48.9 Å². The number of morpholine rings is 1. The van der Waals surface area contributed by atoms with Crippen molar-refractivity contribution in [3.05, 3.63) is 54.5 Å². The van der Waals surface area contributed by atoms with Gasteiger partial charge in [0.2, 0.25) is 0 Å². The van der Waals surface area contributed by atoms with Gasteiger partial charge >= 0.3 is 18.1 Å². The number of fused-ring (bicyclic) bond motifs is 1. The van der Waals surface area contributed by atoms with Crippen LogP contribution in [0.3, 0.4) is 0 Å². The molecule has 0 bridgehead atoms. The predicted molar refractivity (Wildman–Crippen MR) is 168 cm³/mol. The lowest BCUT2D eigenvalue weighted by molar-refractivity contribution is 0.0378. The van der Waals surface area contributed by atoms with Crippen LogP contribution < -0.4 is 25.6 Å². The van der Waals surface area contributed by atoms with Gasteiger partial charge in [0.05, 0.1) is 67.4 Å². The third kappa shape index (κ3) is 6.60. The van der Waals surface area contributed by atoms with E-state index in [0.717, 1.165) is 10.9 Å². The molecule has 0 spiro atoms. The van der Waals surface area contributed by atoms with E-state index < -0.39 is 18.1 Å². The Morgan fingerprint density at radius 3 is 2.51 bits per heavy atom. The van der Waals surface area contributed by atoms with Crippen LogP contribution in [0.4, 0.5) is 32.5 Å². The smallest absolute Gasteiger partial charge is 0.415 e. The minimum Gasteiger partial charge on any atom is -0.494 e. The van der Waals surface area contributed by atoms with Gasteiger partial charge in [-0.15, -0.1) is 0 Å². The molecular formula is C31H35N7O7. The molecule has 14 nitrogen and oxygen atoms in total. The number of anilines is 4. The van der Waals surface area contributed by atoms with Gasteiger partial charge in [-0.2, -0.15) is 0 Å². The van der Waals surface area contributed by atoms with Crippen molar-refractivity contribution in [2.75, 3.05) is 56.1 Å². The van der Waals surface area contributed by atoms with Crippen LogP contribution in [0.25, 0.3) is 22.2 Å². The number of methoxy groups -OCH3 is 2. The quantitative estimate of drug-likeness (QED) is 0.236. The third-order valence-electron chi connectivity index (χ3n) is 7.19. The van der Waals surface area contributed by atoms with Crippen LogP contribution in [-0.4, -0.2) is 79.3 Å². The second-order valence-corrected chi connectivity index (χ2v) is 10.4. The van der Waals surface area contributed by atoms with Gasteiger partial charge in [-0.1, -0.05) is 18.2 Å². The lowest BCUT2D eigenvalue weighted by atomic mass is 10.0. The first-order valence-electron chi connectivity index (χ1n) is 14.3. The number of nitrogens with zero attached hydrogens (tertiary/aromatic N) is 4. The number of hydrogen-bond donors (Lipinski definition) is 3. The molecule has 0 radical (unpaired) electrons. The zero-order valence-electron chi connectivity index (χ0n) is 25.7. The Balaban J connectivity index is 1.66. The van der Waals surface area contributed by atoms with Gasteiger partial charge < -0.3 is 39.0 Å². The number of imide groups is 1. The second kappa shape index (κ2) is 13.5. The normalized spacial score (nSPS) is 13.0. The minimum atomic E-state index is -0.899. The Morgan fingerprint density at radius 2 is 1.80 bits per heavy atom. The number of hydrogen-bond acceptors (Lipinski definition) is 11. The summed E-state index contributed by atoms with van der Waals surface area (Å²) in [6.07, 6.45) is 1.58. The number of carbonyl (C=O) groups excluding carboxylic acids is 3. The van der Waals surface area contributed by atoms with Crippen molar-refractivity contribution >= 4 is 51.9 Å². The molecule has 3 amide bonds. The molecule has 236 valence electrons. The summed E-state index contributed by atoms with van der Waals surface area (Å²) in [6, 6.07) is 10.5. The van der Waals surface area contributed by atoms with Gasteiger partial charge in [0.1, 0.15) is 23.5 Å². The van der Waals surface area contributed by atoms with Crippen molar-refractivity contribution in [3.63, 3.8) is 0 Å². The Bertz CT molecular complexity index is 1730. The standard InChI is InChI=1S/C31H35N7O7/c1-18(2)45-29(39)20-16-32-17-33-27(20)26-19-8-6-7-9-23(19)37(3)28(26)34-22-14-21(35-30(40)36-31(41)43-5)24(15-25(22)42-4)38-10-12-44-13-11-38/h6-9,14-18,34H,10-13H2,1-5H3,(H2,35,36,40,41). The Kier molecular flexibility index (Phi) is 9.33. The summed E-state index contributed by atoms with van der Waals surface area (Å²) in [7, 11) is 4.61. The minimum absolute atomic E-state index is 0.210. The summed E-state index contributed by atoms with van der Waals surface area (Å²) in [4.78, 5) is 48.3. The molecule has 3 N–H and O–H groups in total. The number of carbonyl (C=O) groups is 3. The van der Waals surface area contributed by atoms with Gasteiger partial charge in [-0.05, 0) is 26.0 Å². The topological polar surface area (TPSA) is 158 Å². The van der Waals surface area contributed by atoms with E-state index in [-0.39, 0.29) is 11.7 Å². The number of rotatable bonds is 8. The molecule has 2 aromatic heterocycles. The van der Waals surface area contributed by atoms with E-state index in [9.17, 15) is 14.4 Å². The van der Waals surface area contributed by atoms with Crippen molar-refractivity contribution in [1.82, 2.24) is 19.9 Å². The van der Waals surface area contributed by atoms with E-state index in [2.05, 4.69) is 35.6 Å². The van der Waals surface area contributed by atoms with Gasteiger partial charge in [-0.3, -0.25) is 0 Å². The van der Waals surface area contributed by atoms with Crippen molar-refractivity contribution in [2.45, 2.75) is 20.0 Å². The van der Waals surface area contributed by atoms with Gasteiger partial charge in [-0.25, -0.2) is 29.7 Å². The van der Waals surface area contributed by atoms with Crippen LogP contribution in [-0.2, 0) is 21.3 Å². The summed E-state index contributed by atoms with van der Waals surface area (Å²) >= 11 is 0. The van der Waals surface area contributed by atoms with E-state index in [1.165, 1.54) is 19.6 Å². The number of para-hydroxylation sites is 1. The molecule has 0 unspecified atom stereocenters. The van der Waals surface area contributed by atoms with Crippen LogP contribution in [0.1, 0.15) is 24.2 Å². The van der Waals surface area contributed by atoms with Crippen LogP contribution in [0, 0.1) is 0 Å². The highest BCUT2D eigenvalue weighted by Gasteiger charge is 2.26. The number of esters is 1. The van der Waals surface area contributed by atoms with Crippen molar-refractivity contribution < 1.29 is 33.3 Å². The lowest BCUT2D eigenvalue weighted by Crippen LogP contribution is -2.38. The molecule has 2 aromatic carbocycles. The summed E-state index contributed by atoms with van der Waals surface area (Å²) in [6.45, 7) is 5.73. The molecular weight excluding hydrogens is 582 g/mol. The Morgan fingerprint density at radius 1 is 1.04 bits per heavy atom. The number of aromatic nitrogens is 3. The van der Waals surface area contributed by atoms with Crippen LogP contribution >= 0.6 is 0 Å². The van der Waals surface area contributed by atoms with Gasteiger partial charge in [0, 0.05) is 37.8 Å². The summed E-state index contributed by atoms with van der Waals surface area (Å²) in [5, 5.41) is 9.19. The molecule has 1 aliphatic rings. The molecule has 3 heterocycles. The number of benzene rings is 2. The van der Waals surface area contributed by atoms with E-state index in [1.807, 2.05) is 35.9 Å². The molecule has 45 heavy (non-hydrogen) atoms. The molecule has 14 heteroatoms. The summed E-state index contributed by atoms with van der Waals surface area (Å²) < 4.78 is 23.4. The molecule has 5 rings (SSSR count). The number of amides is 3. The maximum absolute atomic E-state index is 13.2.